The summed E-state index contributed by atoms with van der Waals surface area (Å²) < 4.78 is 0. The summed E-state index contributed by atoms with van der Waals surface area (Å²) in [6.45, 7) is 3.52. The summed E-state index contributed by atoms with van der Waals surface area (Å²) in [6, 6.07) is 7.40. The molecule has 1 aromatic rings. The van der Waals surface area contributed by atoms with E-state index in [4.69, 9.17) is 5.11 Å². The van der Waals surface area contributed by atoms with Crippen LogP contribution in [0.15, 0.2) is 24.3 Å². The van der Waals surface area contributed by atoms with Gasteiger partial charge in [0.15, 0.2) is 0 Å². The van der Waals surface area contributed by atoms with E-state index in [2.05, 4.69) is 5.32 Å². The molecule has 0 unspecified atom stereocenters. The molecule has 0 aliphatic carbocycles. The van der Waals surface area contributed by atoms with Crippen molar-refractivity contribution in [2.45, 2.75) is 32.4 Å². The van der Waals surface area contributed by atoms with Crippen molar-refractivity contribution >= 4 is 6.09 Å². The van der Waals surface area contributed by atoms with E-state index in [-0.39, 0.29) is 6.04 Å². The normalized spacial score (nSPS) is 14.2. The Kier molecular flexibility index (Phi) is 4.31. The van der Waals surface area contributed by atoms with Gasteiger partial charge in [0.25, 0.3) is 0 Å². The number of hydrogen-bond donors (Lipinski definition) is 3. The lowest BCUT2D eigenvalue weighted by Crippen LogP contribution is -2.32. The predicted molar refractivity (Wildman–Crippen MR) is 61.4 cm³/mol. The van der Waals surface area contributed by atoms with Crippen molar-refractivity contribution in [3.8, 4) is 0 Å². The lowest BCUT2D eigenvalue weighted by atomic mass is 10.0. The maximum atomic E-state index is 10.4. The Morgan fingerprint density at radius 3 is 2.69 bits per heavy atom. The van der Waals surface area contributed by atoms with E-state index < -0.39 is 12.2 Å². The highest BCUT2D eigenvalue weighted by atomic mass is 16.4. The van der Waals surface area contributed by atoms with Crippen LogP contribution < -0.4 is 5.32 Å². The molecule has 0 saturated carbocycles. The van der Waals surface area contributed by atoms with Crippen LogP contribution in [0.3, 0.4) is 0 Å². The number of aliphatic hydroxyl groups excluding tert-OH is 1. The summed E-state index contributed by atoms with van der Waals surface area (Å²) in [5.74, 6) is 0. The third kappa shape index (κ3) is 3.90. The number of rotatable bonds is 4. The van der Waals surface area contributed by atoms with Crippen molar-refractivity contribution in [1.82, 2.24) is 5.32 Å². The highest BCUT2D eigenvalue weighted by Crippen LogP contribution is 2.14. The van der Waals surface area contributed by atoms with Gasteiger partial charge in [0.2, 0.25) is 0 Å². The van der Waals surface area contributed by atoms with Gasteiger partial charge in [0, 0.05) is 6.04 Å². The Balaban J connectivity index is 2.66. The van der Waals surface area contributed by atoms with Crippen LogP contribution >= 0.6 is 0 Å². The van der Waals surface area contributed by atoms with Crippen LogP contribution in [-0.4, -0.2) is 22.3 Å². The van der Waals surface area contributed by atoms with E-state index in [1.165, 1.54) is 0 Å². The number of nitrogens with one attached hydrogen (secondary N) is 1. The molecule has 0 aromatic heterocycles. The average molecular weight is 223 g/mol. The summed E-state index contributed by atoms with van der Waals surface area (Å²) in [7, 11) is 0. The first kappa shape index (κ1) is 12.5. The molecule has 0 heterocycles. The number of carboxylic acid groups (broad SMARTS) is 1. The molecule has 0 bridgehead atoms. The highest BCUT2D eigenvalue weighted by molar-refractivity contribution is 5.64. The Morgan fingerprint density at radius 1 is 1.44 bits per heavy atom. The minimum atomic E-state index is -1.01. The van der Waals surface area contributed by atoms with Gasteiger partial charge in [-0.2, -0.15) is 0 Å². The molecule has 0 radical (unpaired) electrons. The van der Waals surface area contributed by atoms with Gasteiger partial charge in [0.1, 0.15) is 0 Å². The third-order valence-corrected chi connectivity index (χ3v) is 2.35. The minimum Gasteiger partial charge on any atom is -0.465 e. The summed E-state index contributed by atoms with van der Waals surface area (Å²) in [6.07, 6.45) is -0.894. The molecule has 4 nitrogen and oxygen atoms in total. The van der Waals surface area contributed by atoms with E-state index in [1.807, 2.05) is 31.2 Å². The maximum Gasteiger partial charge on any atom is 0.404 e. The molecule has 4 heteroatoms. The number of hydrogen-bond acceptors (Lipinski definition) is 2. The van der Waals surface area contributed by atoms with Crippen molar-refractivity contribution in [3.05, 3.63) is 35.4 Å². The van der Waals surface area contributed by atoms with E-state index >= 15 is 0 Å². The lowest BCUT2D eigenvalue weighted by molar-refractivity contribution is 0.190. The number of benzene rings is 1. The van der Waals surface area contributed by atoms with Gasteiger partial charge in [-0.15, -0.1) is 0 Å². The van der Waals surface area contributed by atoms with Crippen LogP contribution in [0.5, 0.6) is 0 Å². The Labute approximate surface area is 94.9 Å². The van der Waals surface area contributed by atoms with Crippen LogP contribution in [0.25, 0.3) is 0 Å². The molecule has 2 atom stereocenters. The molecular formula is C12H17NO3. The summed E-state index contributed by atoms with van der Waals surface area (Å²) in [4.78, 5) is 10.4. The predicted octanol–water partition coefficient (Wildman–Crippen LogP) is 1.94. The van der Waals surface area contributed by atoms with Crippen LogP contribution in [0.4, 0.5) is 4.79 Å². The first-order valence-corrected chi connectivity index (χ1v) is 5.25. The van der Waals surface area contributed by atoms with Crippen molar-refractivity contribution in [1.29, 1.82) is 0 Å². The van der Waals surface area contributed by atoms with Gasteiger partial charge in [-0.1, -0.05) is 24.3 Å². The molecule has 1 aromatic carbocycles. The molecule has 0 aliphatic heterocycles. The second-order valence-electron chi connectivity index (χ2n) is 3.98. The Bertz CT molecular complexity index is 363. The van der Waals surface area contributed by atoms with Crippen LogP contribution in [0.1, 0.15) is 31.1 Å². The van der Waals surface area contributed by atoms with Crippen molar-refractivity contribution in [3.63, 3.8) is 0 Å². The fraction of sp³-hybridized carbons (Fsp3) is 0.417. The second kappa shape index (κ2) is 5.51. The SMILES string of the molecule is C[C@H](O)c1cccc(C[C@H](C)NC(=O)O)c1. The van der Waals surface area contributed by atoms with E-state index in [1.54, 1.807) is 6.92 Å². The number of carbonyl (C=O) groups is 1. The highest BCUT2D eigenvalue weighted by Gasteiger charge is 2.07. The lowest BCUT2D eigenvalue weighted by Gasteiger charge is -2.12. The third-order valence-electron chi connectivity index (χ3n) is 2.35. The first-order chi connectivity index (χ1) is 7.49. The maximum absolute atomic E-state index is 10.4. The standard InChI is InChI=1S/C12H17NO3/c1-8(13-12(15)16)6-10-4-3-5-11(7-10)9(2)14/h3-5,7-9,13-14H,6H2,1-2H3,(H,15,16)/t8-,9-/m0/s1. The summed E-state index contributed by atoms with van der Waals surface area (Å²) >= 11 is 0. The van der Waals surface area contributed by atoms with Crippen molar-refractivity contribution < 1.29 is 15.0 Å². The topological polar surface area (TPSA) is 69.6 Å². The minimum absolute atomic E-state index is 0.137. The monoisotopic (exact) mass is 223 g/mol. The molecule has 1 rings (SSSR count). The zero-order valence-electron chi connectivity index (χ0n) is 9.47. The van der Waals surface area contributed by atoms with E-state index in [9.17, 15) is 9.90 Å². The molecule has 1 amide bonds. The molecule has 3 N–H and O–H groups in total. The second-order valence-corrected chi connectivity index (χ2v) is 3.98. The van der Waals surface area contributed by atoms with E-state index in [0.717, 1.165) is 11.1 Å². The summed E-state index contributed by atoms with van der Waals surface area (Å²) in [5.41, 5.74) is 1.86. The van der Waals surface area contributed by atoms with Crippen molar-refractivity contribution in [2.24, 2.45) is 0 Å². The first-order valence-electron chi connectivity index (χ1n) is 5.25. The van der Waals surface area contributed by atoms with Crippen LogP contribution in [0, 0.1) is 0 Å². The van der Waals surface area contributed by atoms with Gasteiger partial charge in [-0.25, -0.2) is 4.79 Å². The van der Waals surface area contributed by atoms with Gasteiger partial charge in [-0.05, 0) is 31.4 Å². The molecule has 0 saturated heterocycles. The Hall–Kier alpha value is -1.55. The molecule has 0 fully saturated rings. The average Bonchev–Trinajstić information content (AvgIpc) is 2.16. The number of amides is 1. The number of aliphatic hydroxyl groups is 1. The van der Waals surface area contributed by atoms with Crippen LogP contribution in [0.2, 0.25) is 0 Å². The van der Waals surface area contributed by atoms with Crippen molar-refractivity contribution in [2.75, 3.05) is 0 Å². The molecular weight excluding hydrogens is 206 g/mol. The quantitative estimate of drug-likeness (QED) is 0.730. The summed E-state index contributed by atoms with van der Waals surface area (Å²) in [5, 5.41) is 20.4. The van der Waals surface area contributed by atoms with Gasteiger partial charge < -0.3 is 15.5 Å². The fourth-order valence-corrected chi connectivity index (χ4v) is 1.60. The van der Waals surface area contributed by atoms with Gasteiger partial charge in [0.05, 0.1) is 6.10 Å². The molecule has 16 heavy (non-hydrogen) atoms. The van der Waals surface area contributed by atoms with Crippen LogP contribution in [-0.2, 0) is 6.42 Å². The molecule has 0 spiro atoms. The fourth-order valence-electron chi connectivity index (χ4n) is 1.60. The van der Waals surface area contributed by atoms with Gasteiger partial charge in [-0.3, -0.25) is 0 Å². The largest absolute Gasteiger partial charge is 0.465 e. The zero-order valence-corrected chi connectivity index (χ0v) is 9.47. The Morgan fingerprint density at radius 2 is 2.12 bits per heavy atom. The smallest absolute Gasteiger partial charge is 0.404 e. The van der Waals surface area contributed by atoms with E-state index in [0.29, 0.717) is 6.42 Å². The molecule has 0 aliphatic rings. The van der Waals surface area contributed by atoms with Gasteiger partial charge >= 0.3 is 6.09 Å². The molecule has 88 valence electrons. The zero-order chi connectivity index (χ0) is 12.1.